The molecule has 5 heterocycles. The van der Waals surface area contributed by atoms with Gasteiger partial charge in [0, 0.05) is 107 Å². The maximum absolute atomic E-state index is 15.2. The minimum atomic E-state index is -2.13. The van der Waals surface area contributed by atoms with Crippen molar-refractivity contribution in [3.05, 3.63) is 98.1 Å². The summed E-state index contributed by atoms with van der Waals surface area (Å²) in [5, 5.41) is 49.2. The minimum absolute atomic E-state index is 0.0123. The van der Waals surface area contributed by atoms with E-state index in [-0.39, 0.29) is 46.9 Å². The Morgan fingerprint density at radius 3 is 2.15 bits per heavy atom. The number of anilines is 2. The number of allylic oxidation sites excluding steroid dienone is 4. The predicted octanol–water partition coefficient (Wildman–Crippen LogP) is 4.51. The third kappa shape index (κ3) is 9.09. The number of nitrogens with one attached hydrogen (secondary N) is 1. The standard InChI is InChI=1S/C49H59N5O14/c1-24-11-10-12-25(2)48(62)50-38-39(53-20-16-51(17-21-53)31-13-14-32(54(63)64)33(23-31)52-18-19-52)44(60)35-36(43(38)59)42(58)29(6)46-37(35)47(61)49(8,68-46)66-22-15-34(65-9)26(3)45(67-30(7)55)28(5)41(57)27(4)40(24)56/h10-15,22-24,26-28,34,40-41,45,56-58H,16-21H2,1-9H3,(H,50,62)/b11-10+,22-15+,25-12-/t24-,26+,27+,28-,34-,40-,41-,45+,49-/m0/s1. The van der Waals surface area contributed by atoms with Gasteiger partial charge in [0.1, 0.15) is 34.7 Å². The monoisotopic (exact) mass is 941 g/mol. The van der Waals surface area contributed by atoms with Gasteiger partial charge in [0.15, 0.2) is 0 Å². The van der Waals surface area contributed by atoms with Gasteiger partial charge in [-0.3, -0.25) is 34.1 Å². The molecule has 68 heavy (non-hydrogen) atoms. The fourth-order valence-electron chi connectivity index (χ4n) is 9.57. The highest BCUT2D eigenvalue weighted by Crippen LogP contribution is 2.49. The van der Waals surface area contributed by atoms with Crippen LogP contribution >= 0.6 is 0 Å². The summed E-state index contributed by atoms with van der Waals surface area (Å²) >= 11 is 0. The van der Waals surface area contributed by atoms with Gasteiger partial charge in [-0.25, -0.2) is 0 Å². The van der Waals surface area contributed by atoms with E-state index in [2.05, 4.69) is 5.32 Å². The van der Waals surface area contributed by atoms with Gasteiger partial charge in [-0.05, 0) is 32.1 Å². The Labute approximate surface area is 393 Å². The molecule has 0 aromatic heterocycles. The lowest BCUT2D eigenvalue weighted by molar-refractivity contribution is -0.384. The number of ketones is 3. The van der Waals surface area contributed by atoms with Crippen molar-refractivity contribution in [3.63, 3.8) is 0 Å². The van der Waals surface area contributed by atoms with Crippen LogP contribution in [-0.2, 0) is 23.8 Å². The summed E-state index contributed by atoms with van der Waals surface area (Å²) < 4.78 is 23.7. The number of esters is 1. The van der Waals surface area contributed by atoms with Crippen LogP contribution in [0.2, 0.25) is 0 Å². The second-order valence-electron chi connectivity index (χ2n) is 18.4. The zero-order valence-corrected chi connectivity index (χ0v) is 39.6. The number of Topliss-reactive ketones (excluding diaryl/α,β-unsaturated/α-hetero) is 3. The molecule has 364 valence electrons. The van der Waals surface area contributed by atoms with Crippen molar-refractivity contribution >= 4 is 46.3 Å². The number of carbonyl (C=O) groups is 5. The molecule has 2 fully saturated rings. The first-order valence-corrected chi connectivity index (χ1v) is 22.7. The molecule has 5 bridgehead atoms. The normalized spacial score (nSPS) is 30.8. The molecule has 5 aliphatic heterocycles. The summed E-state index contributed by atoms with van der Waals surface area (Å²) in [5.74, 6) is -9.56. The topological polar surface area (TPSA) is 248 Å². The molecule has 1 aliphatic carbocycles. The summed E-state index contributed by atoms with van der Waals surface area (Å²) in [5.41, 5.74) is -0.573. The van der Waals surface area contributed by atoms with Gasteiger partial charge in [0.2, 0.25) is 11.6 Å². The third-order valence-electron chi connectivity index (χ3n) is 13.8. The number of nitro groups is 1. The molecule has 0 spiro atoms. The predicted molar refractivity (Wildman–Crippen MR) is 247 cm³/mol. The molecule has 8 rings (SSSR count). The van der Waals surface area contributed by atoms with E-state index >= 15 is 4.79 Å². The van der Waals surface area contributed by atoms with E-state index in [9.17, 15) is 44.6 Å². The number of ether oxygens (including phenoxy) is 4. The summed E-state index contributed by atoms with van der Waals surface area (Å²) in [4.78, 5) is 88.0. The number of hydrogen-bond donors (Lipinski definition) is 4. The van der Waals surface area contributed by atoms with Crippen LogP contribution in [-0.4, -0.2) is 131 Å². The van der Waals surface area contributed by atoms with Gasteiger partial charge < -0.3 is 54.3 Å². The van der Waals surface area contributed by atoms with E-state index in [1.807, 2.05) is 9.80 Å². The van der Waals surface area contributed by atoms with Crippen LogP contribution in [0.25, 0.3) is 0 Å². The van der Waals surface area contributed by atoms with Crippen molar-refractivity contribution in [2.75, 3.05) is 56.2 Å². The third-order valence-corrected chi connectivity index (χ3v) is 13.8. The number of fused-ring (bicyclic) bond motifs is 14. The smallest absolute Gasteiger partial charge is 0.312 e. The highest BCUT2D eigenvalue weighted by atomic mass is 16.7. The molecule has 0 unspecified atom stereocenters. The van der Waals surface area contributed by atoms with Crippen molar-refractivity contribution in [3.8, 4) is 11.5 Å². The van der Waals surface area contributed by atoms with Crippen LogP contribution in [0.1, 0.15) is 85.1 Å². The number of nitro benzene ring substituents is 1. The Morgan fingerprint density at radius 2 is 1.53 bits per heavy atom. The van der Waals surface area contributed by atoms with Crippen LogP contribution in [0.15, 0.2) is 65.7 Å². The van der Waals surface area contributed by atoms with E-state index in [4.69, 9.17) is 18.9 Å². The molecule has 2 aromatic carbocycles. The Hall–Kier alpha value is -6.57. The number of phenols is 1. The first-order valence-electron chi connectivity index (χ1n) is 22.7. The average molecular weight is 942 g/mol. The lowest BCUT2D eigenvalue weighted by Crippen LogP contribution is -2.50. The van der Waals surface area contributed by atoms with Crippen LogP contribution in [0.5, 0.6) is 11.5 Å². The van der Waals surface area contributed by atoms with Crippen LogP contribution in [0.3, 0.4) is 0 Å². The Bertz CT molecular complexity index is 2560. The number of benzene rings is 2. The maximum Gasteiger partial charge on any atom is 0.312 e. The molecule has 0 saturated carbocycles. The summed E-state index contributed by atoms with van der Waals surface area (Å²) in [7, 11) is 1.42. The van der Waals surface area contributed by atoms with Gasteiger partial charge >= 0.3 is 11.8 Å². The molecule has 19 heteroatoms. The maximum atomic E-state index is 15.2. The molecule has 0 radical (unpaired) electrons. The van der Waals surface area contributed by atoms with E-state index < -0.39 is 111 Å². The molecule has 9 atom stereocenters. The van der Waals surface area contributed by atoms with Crippen LogP contribution < -0.4 is 19.9 Å². The van der Waals surface area contributed by atoms with Crippen molar-refractivity contribution in [2.24, 2.45) is 23.7 Å². The van der Waals surface area contributed by atoms with Gasteiger partial charge in [-0.15, -0.1) is 0 Å². The lowest BCUT2D eigenvalue weighted by Gasteiger charge is -2.39. The second-order valence-corrected chi connectivity index (χ2v) is 18.4. The SMILES string of the molecule is CO[C@H]1/C=C/O[C@@]2(C)Oc3c(C)c(O)c4c(c3C2=O)C(=O)C(N2CCN(c3ccc([N+](=O)[O-])c(N5CC5)c3)CC2)=C(NC(=O)/C(C)=C\C=C\[C@H](C)[C@H](O)[C@@H](C)[C@H](O)[C@H](C)[C@H](OC(C)=O)[C@@H]1C)C4=O. The molecule has 19 nitrogen and oxygen atoms in total. The minimum Gasteiger partial charge on any atom is -0.507 e. The molecule has 2 saturated heterocycles. The number of rotatable bonds is 6. The first-order chi connectivity index (χ1) is 32.1. The highest BCUT2D eigenvalue weighted by molar-refractivity contribution is 6.32. The van der Waals surface area contributed by atoms with Crippen molar-refractivity contribution in [1.29, 1.82) is 0 Å². The molecule has 1 amide bonds. The van der Waals surface area contributed by atoms with Gasteiger partial charge in [0.25, 0.3) is 17.4 Å². The zero-order chi connectivity index (χ0) is 49.7. The number of aliphatic hydroxyl groups excluding tert-OH is 2. The number of nitrogens with zero attached hydrogens (tertiary/aromatic N) is 4. The number of piperazine rings is 1. The van der Waals surface area contributed by atoms with Gasteiger partial charge in [-0.2, -0.15) is 0 Å². The van der Waals surface area contributed by atoms with Crippen LogP contribution in [0, 0.1) is 40.7 Å². The molecule has 2 aromatic rings. The quantitative estimate of drug-likeness (QED) is 0.135. The second kappa shape index (κ2) is 19.2. The van der Waals surface area contributed by atoms with Gasteiger partial charge in [0.05, 0.1) is 46.2 Å². The number of methoxy groups -OCH3 is 1. The average Bonchev–Trinajstić information content (AvgIpc) is 4.13. The fraction of sp³-hybridized carbons (Fsp3) is 0.490. The molecular formula is C49H59N5O14. The van der Waals surface area contributed by atoms with Crippen molar-refractivity contribution < 1.29 is 63.2 Å². The number of carbonyl (C=O) groups excluding carboxylic acids is 5. The number of aliphatic hydroxyl groups is 2. The number of aromatic hydroxyl groups is 1. The Kier molecular flexibility index (Phi) is 13.9. The molecule has 4 N–H and O–H groups in total. The summed E-state index contributed by atoms with van der Waals surface area (Å²) in [6, 6.07) is 4.87. The number of amides is 1. The van der Waals surface area contributed by atoms with E-state index in [1.165, 1.54) is 53.0 Å². The largest absolute Gasteiger partial charge is 0.507 e. The summed E-state index contributed by atoms with van der Waals surface area (Å²) in [6.45, 7) is 14.5. The highest BCUT2D eigenvalue weighted by Gasteiger charge is 2.53. The van der Waals surface area contributed by atoms with E-state index in [0.29, 0.717) is 37.6 Å². The van der Waals surface area contributed by atoms with Gasteiger partial charge in [-0.1, -0.05) is 45.9 Å². The Morgan fingerprint density at radius 1 is 0.882 bits per heavy atom. The van der Waals surface area contributed by atoms with Crippen molar-refractivity contribution in [1.82, 2.24) is 10.2 Å². The van der Waals surface area contributed by atoms with E-state index in [1.54, 1.807) is 56.9 Å². The molecular weight excluding hydrogens is 883 g/mol. The van der Waals surface area contributed by atoms with Crippen LogP contribution in [0.4, 0.5) is 17.1 Å². The first kappa shape index (κ1) is 49.3. The zero-order valence-electron chi connectivity index (χ0n) is 39.6. The number of phenolic OH excluding ortho intramolecular Hbond substituents is 1. The Balaban J connectivity index is 1.31. The fourth-order valence-corrected chi connectivity index (χ4v) is 9.57. The summed E-state index contributed by atoms with van der Waals surface area (Å²) in [6.07, 6.45) is 3.24. The number of hydrogen-bond acceptors (Lipinski definition) is 17. The lowest BCUT2D eigenvalue weighted by atomic mass is 9.78. The van der Waals surface area contributed by atoms with Crippen molar-refractivity contribution in [2.45, 2.75) is 85.6 Å². The molecule has 6 aliphatic rings. The van der Waals surface area contributed by atoms with E-state index in [0.717, 1.165) is 6.26 Å².